The van der Waals surface area contributed by atoms with E-state index in [9.17, 15) is 19.5 Å². The van der Waals surface area contributed by atoms with E-state index in [0.29, 0.717) is 5.69 Å². The number of urea groups is 1. The summed E-state index contributed by atoms with van der Waals surface area (Å²) < 4.78 is 0. The van der Waals surface area contributed by atoms with Gasteiger partial charge in [0, 0.05) is 29.2 Å². The Bertz CT molecular complexity index is 1700. The molecular formula is C31H28N4O4. The largest absolute Gasteiger partial charge is 0.480 e. The fourth-order valence-electron chi connectivity index (χ4n) is 4.77. The van der Waals surface area contributed by atoms with Crippen LogP contribution in [0.15, 0.2) is 85.1 Å². The second-order valence-electron chi connectivity index (χ2n) is 9.52. The number of aromatic amines is 1. The molecule has 1 atom stereocenters. The number of hydrogen-bond donors (Lipinski definition) is 5. The number of carbonyl (C=O) groups is 3. The van der Waals surface area contributed by atoms with E-state index < -0.39 is 23.9 Å². The number of benzene rings is 4. The molecule has 0 aliphatic carbocycles. The Morgan fingerprint density at radius 2 is 1.51 bits per heavy atom. The zero-order valence-corrected chi connectivity index (χ0v) is 21.5. The Hall–Kier alpha value is -5.11. The molecule has 0 bridgehead atoms. The number of carboxylic acid groups (broad SMARTS) is 1. The molecule has 5 N–H and O–H groups in total. The van der Waals surface area contributed by atoms with Gasteiger partial charge in [-0.25, -0.2) is 9.59 Å². The molecule has 0 fully saturated rings. The minimum atomic E-state index is -1.18. The number of aromatic nitrogens is 1. The Balaban J connectivity index is 1.43. The number of carbonyl (C=O) groups excluding carboxylic acids is 2. The lowest BCUT2D eigenvalue weighted by molar-refractivity contribution is -0.139. The van der Waals surface area contributed by atoms with Crippen LogP contribution in [0.1, 0.15) is 27.0 Å². The number of nitrogens with one attached hydrogen (secondary N) is 4. The maximum absolute atomic E-state index is 13.5. The summed E-state index contributed by atoms with van der Waals surface area (Å²) in [6.45, 7) is 3.80. The summed E-state index contributed by atoms with van der Waals surface area (Å²) >= 11 is 0. The second kappa shape index (κ2) is 10.7. The van der Waals surface area contributed by atoms with Gasteiger partial charge in [0.15, 0.2) is 0 Å². The zero-order valence-electron chi connectivity index (χ0n) is 21.5. The van der Waals surface area contributed by atoms with Crippen molar-refractivity contribution in [2.75, 3.05) is 10.6 Å². The number of fused-ring (bicyclic) bond motifs is 2. The van der Waals surface area contributed by atoms with E-state index in [1.807, 2.05) is 80.6 Å². The van der Waals surface area contributed by atoms with Crippen molar-refractivity contribution >= 4 is 51.0 Å². The van der Waals surface area contributed by atoms with Crippen LogP contribution in [0.4, 0.5) is 16.2 Å². The molecule has 196 valence electrons. The van der Waals surface area contributed by atoms with Gasteiger partial charge >= 0.3 is 12.0 Å². The summed E-state index contributed by atoms with van der Waals surface area (Å²) in [5, 5.41) is 20.8. The molecule has 0 saturated carbocycles. The zero-order chi connectivity index (χ0) is 27.5. The minimum Gasteiger partial charge on any atom is -0.480 e. The summed E-state index contributed by atoms with van der Waals surface area (Å²) in [5.74, 6) is -1.76. The van der Waals surface area contributed by atoms with Crippen molar-refractivity contribution in [2.24, 2.45) is 0 Å². The normalized spacial score (nSPS) is 11.7. The number of anilines is 2. The van der Waals surface area contributed by atoms with Gasteiger partial charge in [-0.2, -0.15) is 0 Å². The molecule has 1 heterocycles. The Morgan fingerprint density at radius 1 is 0.846 bits per heavy atom. The SMILES string of the molecule is Cc1cccc(C)c1NC(=O)Nc1cc2ccccc2cc1C(=O)N[C@@H](Cc1c[nH]c2ccccc12)C(=O)O. The quantitative estimate of drug-likeness (QED) is 0.180. The van der Waals surface area contributed by atoms with Crippen molar-refractivity contribution < 1.29 is 19.5 Å². The molecule has 8 heteroatoms. The van der Waals surface area contributed by atoms with Crippen molar-refractivity contribution in [2.45, 2.75) is 26.3 Å². The maximum atomic E-state index is 13.5. The molecule has 0 radical (unpaired) electrons. The van der Waals surface area contributed by atoms with Crippen LogP contribution in [0.25, 0.3) is 21.7 Å². The lowest BCUT2D eigenvalue weighted by atomic mass is 10.0. The molecule has 39 heavy (non-hydrogen) atoms. The van der Waals surface area contributed by atoms with Crippen LogP contribution in [0.2, 0.25) is 0 Å². The van der Waals surface area contributed by atoms with Crippen LogP contribution in [-0.2, 0) is 11.2 Å². The topological polar surface area (TPSA) is 123 Å². The third kappa shape index (κ3) is 5.45. The van der Waals surface area contributed by atoms with E-state index >= 15 is 0 Å². The predicted octanol–water partition coefficient (Wildman–Crippen LogP) is 6.01. The molecule has 0 unspecified atom stereocenters. The number of hydrogen-bond acceptors (Lipinski definition) is 3. The molecule has 1 aromatic heterocycles. The minimum absolute atomic E-state index is 0.0917. The van der Waals surface area contributed by atoms with Crippen LogP contribution >= 0.6 is 0 Å². The molecule has 0 saturated heterocycles. The first-order chi connectivity index (χ1) is 18.8. The highest BCUT2D eigenvalue weighted by molar-refractivity contribution is 6.10. The van der Waals surface area contributed by atoms with Gasteiger partial charge in [-0.15, -0.1) is 0 Å². The van der Waals surface area contributed by atoms with Crippen molar-refractivity contribution in [3.63, 3.8) is 0 Å². The van der Waals surface area contributed by atoms with Gasteiger partial charge in [0.1, 0.15) is 6.04 Å². The van der Waals surface area contributed by atoms with Crippen molar-refractivity contribution in [1.29, 1.82) is 0 Å². The van der Waals surface area contributed by atoms with Crippen LogP contribution in [-0.4, -0.2) is 34.0 Å². The third-order valence-corrected chi connectivity index (χ3v) is 6.80. The lowest BCUT2D eigenvalue weighted by Crippen LogP contribution is -2.42. The summed E-state index contributed by atoms with van der Waals surface area (Å²) in [4.78, 5) is 41.8. The summed E-state index contributed by atoms with van der Waals surface area (Å²) in [5.41, 5.74) is 4.60. The van der Waals surface area contributed by atoms with E-state index in [4.69, 9.17) is 0 Å². The third-order valence-electron chi connectivity index (χ3n) is 6.80. The number of carboxylic acids is 1. The number of aryl methyl sites for hydroxylation is 2. The van der Waals surface area contributed by atoms with Crippen molar-refractivity contribution in [3.05, 3.63) is 107 Å². The summed E-state index contributed by atoms with van der Waals surface area (Å²) in [6.07, 6.45) is 1.85. The number of amides is 3. The van der Waals surface area contributed by atoms with Gasteiger partial charge in [-0.1, -0.05) is 60.7 Å². The van der Waals surface area contributed by atoms with E-state index in [1.54, 1.807) is 18.3 Å². The fraction of sp³-hybridized carbons (Fsp3) is 0.129. The molecule has 0 aliphatic heterocycles. The first-order valence-corrected chi connectivity index (χ1v) is 12.6. The summed E-state index contributed by atoms with van der Waals surface area (Å²) in [7, 11) is 0. The molecule has 8 nitrogen and oxygen atoms in total. The van der Waals surface area contributed by atoms with E-state index in [-0.39, 0.29) is 17.7 Å². The standard InChI is InChI=1S/C31H28N4O4/c1-18-8-7-9-19(2)28(18)35-31(39)34-26-15-21-11-4-3-10-20(21)14-24(26)29(36)33-27(30(37)38)16-22-17-32-25-13-6-5-12-23(22)25/h3-15,17,27,32H,16H2,1-2H3,(H,33,36)(H,37,38)(H2,34,35,39)/t27-/m0/s1. The second-order valence-corrected chi connectivity index (χ2v) is 9.52. The van der Waals surface area contributed by atoms with Gasteiger partial charge in [0.05, 0.1) is 11.3 Å². The first kappa shape index (κ1) is 25.5. The average Bonchev–Trinajstić information content (AvgIpc) is 3.32. The fourth-order valence-corrected chi connectivity index (χ4v) is 4.77. The molecule has 4 aromatic carbocycles. The molecule has 0 aliphatic rings. The van der Waals surface area contributed by atoms with Crippen molar-refractivity contribution in [3.8, 4) is 0 Å². The predicted molar refractivity (Wildman–Crippen MR) is 153 cm³/mol. The first-order valence-electron chi connectivity index (χ1n) is 12.6. The van der Waals surface area contributed by atoms with Gasteiger partial charge in [-0.3, -0.25) is 4.79 Å². The highest BCUT2D eigenvalue weighted by Crippen LogP contribution is 2.26. The highest BCUT2D eigenvalue weighted by atomic mass is 16.4. The number of aliphatic carboxylic acids is 1. The number of rotatable bonds is 7. The Morgan fingerprint density at radius 3 is 2.23 bits per heavy atom. The number of H-pyrrole nitrogens is 1. The van der Waals surface area contributed by atoms with Crippen LogP contribution in [0.3, 0.4) is 0 Å². The Labute approximate surface area is 225 Å². The molecule has 0 spiro atoms. The van der Waals surface area contributed by atoms with Gasteiger partial charge in [0.2, 0.25) is 0 Å². The molecule has 5 aromatic rings. The number of para-hydroxylation sites is 2. The maximum Gasteiger partial charge on any atom is 0.326 e. The van der Waals surface area contributed by atoms with Crippen LogP contribution in [0, 0.1) is 13.8 Å². The molecule has 5 rings (SSSR count). The highest BCUT2D eigenvalue weighted by Gasteiger charge is 2.24. The average molecular weight is 521 g/mol. The van der Waals surface area contributed by atoms with Gasteiger partial charge in [-0.05, 0) is 59.5 Å². The van der Waals surface area contributed by atoms with Crippen LogP contribution in [0.5, 0.6) is 0 Å². The van der Waals surface area contributed by atoms with Crippen LogP contribution < -0.4 is 16.0 Å². The van der Waals surface area contributed by atoms with E-state index in [2.05, 4.69) is 20.9 Å². The molecular weight excluding hydrogens is 492 g/mol. The molecule has 3 amide bonds. The van der Waals surface area contributed by atoms with Gasteiger partial charge < -0.3 is 26.0 Å². The van der Waals surface area contributed by atoms with E-state index in [1.165, 1.54) is 0 Å². The summed E-state index contributed by atoms with van der Waals surface area (Å²) in [6, 6.07) is 22.4. The van der Waals surface area contributed by atoms with Crippen molar-refractivity contribution in [1.82, 2.24) is 10.3 Å². The monoisotopic (exact) mass is 520 g/mol. The van der Waals surface area contributed by atoms with E-state index in [0.717, 1.165) is 38.4 Å². The smallest absolute Gasteiger partial charge is 0.326 e. The lowest BCUT2D eigenvalue weighted by Gasteiger charge is -2.18. The van der Waals surface area contributed by atoms with Gasteiger partial charge in [0.25, 0.3) is 5.91 Å². The Kier molecular flexibility index (Phi) is 7.01.